The second kappa shape index (κ2) is 15.5. The molecule has 12 bridgehead atoms. The Kier molecular flexibility index (Phi) is 11.0. The highest BCUT2D eigenvalue weighted by molar-refractivity contribution is 5.79. The molecule has 302 valence electrons. The molecule has 11 heteroatoms. The summed E-state index contributed by atoms with van der Waals surface area (Å²) in [5, 5.41) is 11.0. The lowest BCUT2D eigenvalue weighted by Crippen LogP contribution is -2.61. The number of ketones is 1. The van der Waals surface area contributed by atoms with E-state index in [2.05, 4.69) is 27.0 Å². The highest BCUT2D eigenvalue weighted by Gasteiger charge is 2.68. The van der Waals surface area contributed by atoms with E-state index in [0.29, 0.717) is 44.4 Å². The third-order valence-electron chi connectivity index (χ3n) is 14.6. The first-order valence-corrected chi connectivity index (χ1v) is 21.5. The Morgan fingerprint density at radius 2 is 1.56 bits per heavy atom. The van der Waals surface area contributed by atoms with Gasteiger partial charge in [-0.05, 0) is 68.4 Å². The number of methoxy groups -OCH3 is 1. The molecule has 0 aromatic rings. The van der Waals surface area contributed by atoms with Crippen molar-refractivity contribution in [3.63, 3.8) is 0 Å². The molecule has 10 aliphatic rings. The number of hydrogen-bond donors (Lipinski definition) is 1. The number of carbonyl (C=O) groups is 1. The quantitative estimate of drug-likeness (QED) is 0.338. The maximum atomic E-state index is 14.2. The standard InChI is InChI=1S/C43H64O11/c1-6-7-8-25(44)19-35-37(46-5)30-18-26(45)17-28-10-12-32-38(49-28)42-41-40(51-32)39-36(52-41)21-43(53-39,54-42)14-13-29-16-23(3)31(47-29)11-9-27-15-22(2)24(4)33(48-27)20-34(30)50-35/h22,25,27-42,44H,3-4,6-21H2,1-2,5H3/t22-,25?,27+,28-,29+,30+,31+,32+,33-,34+,35-,36-,37-,38+,39+,40+,41+,42+,43+/m1/s1. The van der Waals surface area contributed by atoms with E-state index in [1.165, 1.54) is 0 Å². The number of hydrogen-bond acceptors (Lipinski definition) is 11. The maximum Gasteiger partial charge on any atom is 0.172 e. The summed E-state index contributed by atoms with van der Waals surface area (Å²) in [6, 6.07) is 0. The van der Waals surface area contributed by atoms with Gasteiger partial charge in [0.25, 0.3) is 0 Å². The Hall–Kier alpha value is -1.25. The number of aliphatic hydroxyl groups is 1. The van der Waals surface area contributed by atoms with Crippen LogP contribution in [0.2, 0.25) is 0 Å². The van der Waals surface area contributed by atoms with Crippen molar-refractivity contribution >= 4 is 5.78 Å². The first kappa shape index (κ1) is 38.3. The van der Waals surface area contributed by atoms with Gasteiger partial charge in [0.15, 0.2) is 5.79 Å². The van der Waals surface area contributed by atoms with Crippen LogP contribution in [-0.4, -0.2) is 121 Å². The van der Waals surface area contributed by atoms with Crippen LogP contribution < -0.4 is 0 Å². The lowest BCUT2D eigenvalue weighted by molar-refractivity contribution is -0.292. The summed E-state index contributed by atoms with van der Waals surface area (Å²) in [5.74, 6) is -0.527. The van der Waals surface area contributed by atoms with E-state index in [1.54, 1.807) is 7.11 Å². The van der Waals surface area contributed by atoms with Gasteiger partial charge >= 0.3 is 0 Å². The molecule has 1 unspecified atom stereocenters. The Labute approximate surface area is 321 Å². The van der Waals surface area contributed by atoms with Gasteiger partial charge in [0.1, 0.15) is 36.3 Å². The molecule has 10 rings (SSSR count). The molecular weight excluding hydrogens is 692 g/mol. The first-order chi connectivity index (χ1) is 26.1. The zero-order valence-corrected chi connectivity index (χ0v) is 32.6. The van der Waals surface area contributed by atoms with E-state index in [4.69, 9.17) is 42.6 Å². The van der Waals surface area contributed by atoms with Gasteiger partial charge in [0.2, 0.25) is 0 Å². The molecule has 10 heterocycles. The average molecular weight is 757 g/mol. The Balaban J connectivity index is 0.984. The average Bonchev–Trinajstić information content (AvgIpc) is 3.82. The second-order valence-corrected chi connectivity index (χ2v) is 18.3. The SMILES string of the molecule is C=C1C[C@@H]2CC[C@@]34C[C@H]5O[C@@H]6[C@@H](O3)[C@H]3O[C@H](CC[C@@H]3O[C@H]6[C@H]5O4)CC(=O)C[C@@H]3[C@@H](OC)[C@@H](CC(O)CCCC)O[C@H]3C[C@H]3O[C@@H](CC[C@@H]1O2)C[C@@H](C)C3=C. The number of Topliss-reactive ketones (excluding diaryl/α,β-unsaturated/α-hetero) is 1. The maximum absolute atomic E-state index is 14.2. The molecule has 0 radical (unpaired) electrons. The summed E-state index contributed by atoms with van der Waals surface area (Å²) < 4.78 is 60.4. The van der Waals surface area contributed by atoms with E-state index in [9.17, 15) is 9.90 Å². The zero-order valence-electron chi connectivity index (χ0n) is 32.6. The van der Waals surface area contributed by atoms with Gasteiger partial charge in [-0.25, -0.2) is 0 Å². The van der Waals surface area contributed by atoms with Crippen molar-refractivity contribution in [1.29, 1.82) is 0 Å². The van der Waals surface area contributed by atoms with E-state index >= 15 is 0 Å². The van der Waals surface area contributed by atoms with Crippen LogP contribution in [0, 0.1) is 11.8 Å². The minimum absolute atomic E-state index is 0.00635. The van der Waals surface area contributed by atoms with Crippen molar-refractivity contribution in [1.82, 2.24) is 0 Å². The number of aliphatic hydroxyl groups excluding tert-OH is 1. The summed E-state index contributed by atoms with van der Waals surface area (Å²) in [6.07, 6.45) is 8.42. The van der Waals surface area contributed by atoms with Crippen LogP contribution in [0.3, 0.4) is 0 Å². The molecule has 0 aromatic heterocycles. The monoisotopic (exact) mass is 756 g/mol. The lowest BCUT2D eigenvalue weighted by Gasteiger charge is -2.47. The van der Waals surface area contributed by atoms with Crippen LogP contribution in [0.1, 0.15) is 117 Å². The summed E-state index contributed by atoms with van der Waals surface area (Å²) in [7, 11) is 1.70. The Bertz CT molecular complexity index is 1400. The fourth-order valence-corrected chi connectivity index (χ4v) is 11.7. The largest absolute Gasteiger partial charge is 0.393 e. The highest BCUT2D eigenvalue weighted by Crippen LogP contribution is 2.54. The molecule has 0 aromatic carbocycles. The number of ether oxygens (including phenoxy) is 9. The van der Waals surface area contributed by atoms with Crippen LogP contribution in [0.15, 0.2) is 24.3 Å². The summed E-state index contributed by atoms with van der Waals surface area (Å²) in [4.78, 5) is 14.2. The van der Waals surface area contributed by atoms with Crippen LogP contribution in [0.5, 0.6) is 0 Å². The molecule has 10 aliphatic heterocycles. The van der Waals surface area contributed by atoms with Gasteiger partial charge in [0, 0.05) is 51.6 Å². The molecule has 19 atom stereocenters. The van der Waals surface area contributed by atoms with Gasteiger partial charge in [-0.1, -0.05) is 39.8 Å². The smallest absolute Gasteiger partial charge is 0.172 e. The van der Waals surface area contributed by atoms with Crippen LogP contribution >= 0.6 is 0 Å². The van der Waals surface area contributed by atoms with Crippen LogP contribution in [0.25, 0.3) is 0 Å². The molecule has 1 N–H and O–H groups in total. The minimum Gasteiger partial charge on any atom is -0.393 e. The Morgan fingerprint density at radius 3 is 2.39 bits per heavy atom. The van der Waals surface area contributed by atoms with Gasteiger partial charge in [-0.2, -0.15) is 0 Å². The van der Waals surface area contributed by atoms with Gasteiger partial charge in [0.05, 0.1) is 67.1 Å². The fraction of sp³-hybridized carbons (Fsp3) is 0.884. The number of unbranched alkanes of at least 4 members (excludes halogenated alkanes) is 1. The van der Waals surface area contributed by atoms with Gasteiger partial charge in [-0.15, -0.1) is 0 Å². The number of rotatable bonds is 6. The van der Waals surface area contributed by atoms with Crippen molar-refractivity contribution in [3.05, 3.63) is 24.3 Å². The van der Waals surface area contributed by atoms with E-state index in [1.807, 2.05) is 0 Å². The van der Waals surface area contributed by atoms with Gasteiger partial charge in [-0.3, -0.25) is 4.79 Å². The predicted octanol–water partition coefficient (Wildman–Crippen LogP) is 5.67. The lowest BCUT2D eigenvalue weighted by atomic mass is 9.81. The zero-order chi connectivity index (χ0) is 37.3. The summed E-state index contributed by atoms with van der Waals surface area (Å²) in [6.45, 7) is 13.3. The van der Waals surface area contributed by atoms with Crippen molar-refractivity contribution in [3.8, 4) is 0 Å². The van der Waals surface area contributed by atoms with E-state index < -0.39 is 11.9 Å². The fourth-order valence-electron chi connectivity index (χ4n) is 11.7. The van der Waals surface area contributed by atoms with Crippen molar-refractivity contribution in [2.24, 2.45) is 11.8 Å². The van der Waals surface area contributed by atoms with Crippen LogP contribution in [0.4, 0.5) is 0 Å². The topological polar surface area (TPSA) is 120 Å². The molecule has 10 saturated heterocycles. The van der Waals surface area contributed by atoms with Crippen molar-refractivity contribution < 1.29 is 52.5 Å². The number of carbonyl (C=O) groups excluding carboxylic acids is 1. The number of fused-ring (bicyclic) bond motifs is 6. The minimum atomic E-state index is -0.773. The van der Waals surface area contributed by atoms with Crippen molar-refractivity contribution in [2.75, 3.05) is 7.11 Å². The summed E-state index contributed by atoms with van der Waals surface area (Å²) >= 11 is 0. The first-order valence-electron chi connectivity index (χ1n) is 21.5. The molecule has 10 fully saturated rings. The van der Waals surface area contributed by atoms with Crippen molar-refractivity contribution in [2.45, 2.75) is 220 Å². The highest BCUT2D eigenvalue weighted by atomic mass is 16.8. The molecule has 54 heavy (non-hydrogen) atoms. The second-order valence-electron chi connectivity index (χ2n) is 18.3. The molecular formula is C43H64O11. The molecule has 1 spiro atoms. The summed E-state index contributed by atoms with van der Waals surface area (Å²) in [5.41, 5.74) is 2.23. The molecule has 0 saturated carbocycles. The normalized spacial score (nSPS) is 50.9. The Morgan fingerprint density at radius 1 is 0.796 bits per heavy atom. The third-order valence-corrected chi connectivity index (χ3v) is 14.6. The van der Waals surface area contributed by atoms with E-state index in [0.717, 1.165) is 75.4 Å². The van der Waals surface area contributed by atoms with Crippen LogP contribution in [-0.2, 0) is 47.4 Å². The predicted molar refractivity (Wildman–Crippen MR) is 197 cm³/mol. The molecule has 0 amide bonds. The third kappa shape index (κ3) is 7.24. The van der Waals surface area contributed by atoms with E-state index in [-0.39, 0.29) is 103 Å². The molecule has 11 nitrogen and oxygen atoms in total. The van der Waals surface area contributed by atoms with Gasteiger partial charge < -0.3 is 47.7 Å². The molecule has 0 aliphatic carbocycles.